The largest absolute Gasteiger partial charge is 0.417 e. The van der Waals surface area contributed by atoms with Gasteiger partial charge in [0, 0.05) is 19.3 Å². The van der Waals surface area contributed by atoms with Gasteiger partial charge in [-0.05, 0) is 37.6 Å². The molecule has 1 heterocycles. The van der Waals surface area contributed by atoms with Gasteiger partial charge < -0.3 is 4.90 Å². The molecule has 28 heavy (non-hydrogen) atoms. The van der Waals surface area contributed by atoms with E-state index in [2.05, 4.69) is 4.98 Å². The predicted molar refractivity (Wildman–Crippen MR) is 96.9 cm³/mol. The lowest BCUT2D eigenvalue weighted by Crippen LogP contribution is -2.33. The summed E-state index contributed by atoms with van der Waals surface area (Å²) < 4.78 is 52.9. The molecule has 1 amide bonds. The van der Waals surface area contributed by atoms with Crippen molar-refractivity contribution in [2.75, 3.05) is 7.05 Å². The number of carbonyl (C=O) groups is 1. The molecule has 0 saturated carbocycles. The highest BCUT2D eigenvalue weighted by molar-refractivity contribution is 8.00. The summed E-state index contributed by atoms with van der Waals surface area (Å²) in [5.41, 5.74) is -0.992. The van der Waals surface area contributed by atoms with Crippen LogP contribution in [0.4, 0.5) is 17.6 Å². The van der Waals surface area contributed by atoms with Crippen LogP contribution in [0.1, 0.15) is 29.3 Å². The first-order valence-electron chi connectivity index (χ1n) is 8.18. The van der Waals surface area contributed by atoms with Gasteiger partial charge in [-0.15, -0.1) is 0 Å². The fourth-order valence-corrected chi connectivity index (χ4v) is 3.66. The topological polar surface area (TPSA) is 57.0 Å². The predicted octanol–water partition coefficient (Wildman–Crippen LogP) is 4.56. The molecule has 0 spiro atoms. The number of hydrogen-bond acceptors (Lipinski definition) is 4. The summed E-state index contributed by atoms with van der Waals surface area (Å²) in [4.78, 5) is 17.9. The van der Waals surface area contributed by atoms with Crippen molar-refractivity contribution in [1.29, 1.82) is 5.26 Å². The average molecular weight is 411 g/mol. The summed E-state index contributed by atoms with van der Waals surface area (Å²) in [5, 5.41) is 8.27. The molecule has 0 saturated heterocycles. The maximum absolute atomic E-state index is 13.3. The van der Waals surface area contributed by atoms with Gasteiger partial charge in [-0.25, -0.2) is 9.37 Å². The number of thioether (sulfide) groups is 1. The van der Waals surface area contributed by atoms with E-state index in [1.807, 2.05) is 0 Å². The quantitative estimate of drug-likeness (QED) is 0.535. The lowest BCUT2D eigenvalue weighted by Gasteiger charge is -2.22. The first kappa shape index (κ1) is 21.7. The van der Waals surface area contributed by atoms with Crippen molar-refractivity contribution in [2.45, 2.75) is 36.8 Å². The summed E-state index contributed by atoms with van der Waals surface area (Å²) in [6.07, 6.45) is -4.70. The van der Waals surface area contributed by atoms with Crippen LogP contribution in [0.5, 0.6) is 0 Å². The second-order valence-electron chi connectivity index (χ2n) is 6.19. The van der Waals surface area contributed by atoms with Gasteiger partial charge in [-0.2, -0.15) is 18.4 Å². The van der Waals surface area contributed by atoms with Gasteiger partial charge in [0.1, 0.15) is 16.9 Å². The Morgan fingerprint density at radius 3 is 2.61 bits per heavy atom. The Labute approximate surface area is 164 Å². The summed E-state index contributed by atoms with van der Waals surface area (Å²) >= 11 is 0.790. The maximum atomic E-state index is 13.3. The third-order valence-electron chi connectivity index (χ3n) is 3.85. The molecule has 1 atom stereocenters. The Hall–Kier alpha value is -2.60. The molecule has 0 aliphatic rings. The van der Waals surface area contributed by atoms with E-state index in [9.17, 15) is 27.6 Å². The van der Waals surface area contributed by atoms with Crippen LogP contribution in [0.2, 0.25) is 0 Å². The molecule has 1 unspecified atom stereocenters. The molecular weight excluding hydrogens is 394 g/mol. The number of halogens is 4. The van der Waals surface area contributed by atoms with Crippen LogP contribution in [0.25, 0.3) is 0 Å². The number of nitriles is 1. The van der Waals surface area contributed by atoms with Gasteiger partial charge in [-0.3, -0.25) is 4.79 Å². The van der Waals surface area contributed by atoms with Gasteiger partial charge in [0.05, 0.1) is 16.4 Å². The molecule has 148 valence electrons. The van der Waals surface area contributed by atoms with Crippen LogP contribution in [-0.2, 0) is 17.5 Å². The third-order valence-corrected chi connectivity index (χ3v) is 4.93. The Kier molecular flexibility index (Phi) is 6.67. The fraction of sp³-hybridized carbons (Fsp3) is 0.316. The minimum Gasteiger partial charge on any atom is -0.340 e. The lowest BCUT2D eigenvalue weighted by atomic mass is 10.1. The standard InChI is InChI=1S/C19H17F4N3OS/c1-11-7-16(19(21,22)23)15(9-24)17(25-11)28-12(2)18(27)26(3)10-13-5-4-6-14(20)8-13/h4-8,12H,10H2,1-3H3. The molecular formula is C19H17F4N3OS. The maximum Gasteiger partial charge on any atom is 0.417 e. The number of nitrogens with zero attached hydrogens (tertiary/aromatic N) is 3. The molecule has 0 aliphatic heterocycles. The van der Waals surface area contributed by atoms with E-state index in [-0.39, 0.29) is 23.2 Å². The van der Waals surface area contributed by atoms with E-state index >= 15 is 0 Å². The summed E-state index contributed by atoms with van der Waals surface area (Å²) in [5.74, 6) is -0.807. The van der Waals surface area contributed by atoms with E-state index in [1.54, 1.807) is 12.1 Å². The zero-order valence-corrected chi connectivity index (χ0v) is 16.2. The molecule has 2 rings (SSSR count). The number of amides is 1. The molecule has 0 aliphatic carbocycles. The van der Waals surface area contributed by atoms with Gasteiger partial charge >= 0.3 is 6.18 Å². The number of aromatic nitrogens is 1. The van der Waals surface area contributed by atoms with E-state index in [1.165, 1.54) is 44.0 Å². The highest BCUT2D eigenvalue weighted by atomic mass is 32.2. The van der Waals surface area contributed by atoms with Gasteiger partial charge in [0.15, 0.2) is 0 Å². The van der Waals surface area contributed by atoms with E-state index < -0.39 is 28.4 Å². The van der Waals surface area contributed by atoms with Crippen LogP contribution in [0.15, 0.2) is 35.4 Å². The molecule has 2 aromatic rings. The van der Waals surface area contributed by atoms with E-state index in [0.29, 0.717) is 5.56 Å². The first-order valence-corrected chi connectivity index (χ1v) is 9.06. The van der Waals surface area contributed by atoms with Gasteiger partial charge in [-0.1, -0.05) is 23.9 Å². The number of hydrogen-bond donors (Lipinski definition) is 0. The Balaban J connectivity index is 2.22. The van der Waals surface area contributed by atoms with Crippen molar-refractivity contribution in [2.24, 2.45) is 0 Å². The van der Waals surface area contributed by atoms with Crippen LogP contribution < -0.4 is 0 Å². The van der Waals surface area contributed by atoms with Gasteiger partial charge in [0.2, 0.25) is 5.91 Å². The Morgan fingerprint density at radius 2 is 2.04 bits per heavy atom. The number of benzene rings is 1. The van der Waals surface area contributed by atoms with Crippen LogP contribution >= 0.6 is 11.8 Å². The molecule has 1 aromatic heterocycles. The first-order chi connectivity index (χ1) is 13.0. The monoisotopic (exact) mass is 411 g/mol. The smallest absolute Gasteiger partial charge is 0.340 e. The van der Waals surface area contributed by atoms with Crippen LogP contribution in [0.3, 0.4) is 0 Å². The second kappa shape index (κ2) is 8.61. The van der Waals surface area contributed by atoms with E-state index in [4.69, 9.17) is 0 Å². The SMILES string of the molecule is Cc1cc(C(F)(F)F)c(C#N)c(SC(C)C(=O)N(C)Cc2cccc(F)c2)n1. The minimum absolute atomic E-state index is 0.0987. The van der Waals surface area contributed by atoms with Crippen LogP contribution in [-0.4, -0.2) is 28.1 Å². The summed E-state index contributed by atoms with van der Waals surface area (Å²) in [7, 11) is 1.51. The molecule has 0 N–H and O–H groups in total. The zero-order valence-electron chi connectivity index (χ0n) is 15.3. The molecule has 1 aromatic carbocycles. The van der Waals surface area contributed by atoms with Crippen molar-refractivity contribution in [1.82, 2.24) is 9.88 Å². The highest BCUT2D eigenvalue weighted by Crippen LogP contribution is 2.37. The number of alkyl halides is 3. The summed E-state index contributed by atoms with van der Waals surface area (Å²) in [6, 6.07) is 8.13. The third kappa shape index (κ3) is 5.23. The Morgan fingerprint density at radius 1 is 1.36 bits per heavy atom. The molecule has 0 radical (unpaired) electrons. The zero-order chi connectivity index (χ0) is 21.1. The van der Waals surface area contributed by atoms with Crippen molar-refractivity contribution < 1.29 is 22.4 Å². The molecule has 0 bridgehead atoms. The highest BCUT2D eigenvalue weighted by Gasteiger charge is 2.36. The molecule has 9 heteroatoms. The van der Waals surface area contributed by atoms with Crippen molar-refractivity contribution in [3.63, 3.8) is 0 Å². The van der Waals surface area contributed by atoms with Crippen LogP contribution in [0, 0.1) is 24.1 Å². The van der Waals surface area contributed by atoms with Crippen molar-refractivity contribution in [3.05, 3.63) is 58.5 Å². The number of pyridine rings is 1. The average Bonchev–Trinajstić information content (AvgIpc) is 2.59. The van der Waals surface area contributed by atoms with Gasteiger partial charge in [0.25, 0.3) is 0 Å². The lowest BCUT2D eigenvalue weighted by molar-refractivity contribution is -0.138. The number of carbonyl (C=O) groups excluding carboxylic acids is 1. The minimum atomic E-state index is -4.70. The fourth-order valence-electron chi connectivity index (χ4n) is 2.58. The number of aryl methyl sites for hydroxylation is 1. The molecule has 0 fully saturated rings. The summed E-state index contributed by atoms with van der Waals surface area (Å²) in [6.45, 7) is 3.05. The van der Waals surface area contributed by atoms with Crippen molar-refractivity contribution in [3.8, 4) is 6.07 Å². The molecule has 4 nitrogen and oxygen atoms in total. The number of rotatable bonds is 5. The second-order valence-corrected chi connectivity index (χ2v) is 7.51. The van der Waals surface area contributed by atoms with Crippen molar-refractivity contribution >= 4 is 17.7 Å². The Bertz CT molecular complexity index is 924. The van der Waals surface area contributed by atoms with E-state index in [0.717, 1.165) is 17.8 Å². The normalized spacial score (nSPS) is 12.4.